The number of fused-ring (bicyclic) bond motifs is 1. The van der Waals surface area contributed by atoms with E-state index in [2.05, 4.69) is 5.32 Å². The number of allylic oxidation sites excluding steroid dienone is 1. The highest BCUT2D eigenvalue weighted by Gasteiger charge is 2.15. The van der Waals surface area contributed by atoms with Gasteiger partial charge in [0.25, 0.3) is 0 Å². The highest BCUT2D eigenvalue weighted by molar-refractivity contribution is 6.30. The van der Waals surface area contributed by atoms with Gasteiger partial charge in [0.1, 0.15) is 23.0 Å². The van der Waals surface area contributed by atoms with E-state index in [-0.39, 0.29) is 5.69 Å². The van der Waals surface area contributed by atoms with Crippen molar-refractivity contribution in [1.29, 1.82) is 0 Å². The van der Waals surface area contributed by atoms with Crippen LogP contribution in [0.2, 0.25) is 5.02 Å². The third kappa shape index (κ3) is 4.36. The van der Waals surface area contributed by atoms with Gasteiger partial charge in [-0.05, 0) is 48.4 Å². The molecule has 4 nitrogen and oxygen atoms in total. The number of anilines is 1. The Balaban J connectivity index is 1.70. The maximum absolute atomic E-state index is 13.8. The number of carbonyl (C=O) groups excluding carboxylic acids is 1. The van der Waals surface area contributed by atoms with Crippen LogP contribution in [0.1, 0.15) is 12.5 Å². The van der Waals surface area contributed by atoms with Gasteiger partial charge in [-0.1, -0.05) is 23.7 Å². The molecule has 32 heavy (non-hydrogen) atoms. The number of hydrogen-bond acceptors (Lipinski definition) is 3. The first-order valence-electron chi connectivity index (χ1n) is 9.65. The fourth-order valence-electron chi connectivity index (χ4n) is 3.42. The molecular weight excluding hydrogens is 436 g/mol. The van der Waals surface area contributed by atoms with E-state index in [0.717, 1.165) is 22.6 Å². The van der Waals surface area contributed by atoms with Gasteiger partial charge < -0.3 is 14.5 Å². The number of rotatable bonds is 5. The van der Waals surface area contributed by atoms with Gasteiger partial charge in [-0.25, -0.2) is 8.78 Å². The monoisotopic (exact) mass is 453 g/mol. The molecule has 0 aliphatic rings. The minimum absolute atomic E-state index is 0.109. The smallest absolute Gasteiger partial charge is 0.248 e. The lowest BCUT2D eigenvalue weighted by Crippen LogP contribution is -2.10. The third-order valence-electron chi connectivity index (χ3n) is 5.01. The number of amides is 1. The van der Waals surface area contributed by atoms with E-state index in [1.165, 1.54) is 19.3 Å². The summed E-state index contributed by atoms with van der Waals surface area (Å²) in [7, 11) is 1.52. The quantitative estimate of drug-likeness (QED) is 0.328. The highest BCUT2D eigenvalue weighted by Crippen LogP contribution is 2.37. The first kappa shape index (κ1) is 21.6. The summed E-state index contributed by atoms with van der Waals surface area (Å²) in [6, 6.07) is 14.0. The number of hydrogen-bond donors (Lipinski definition) is 1. The van der Waals surface area contributed by atoms with Gasteiger partial charge in [-0.15, -0.1) is 0 Å². The first-order chi connectivity index (χ1) is 15.4. The first-order valence-corrected chi connectivity index (χ1v) is 10.0. The fourth-order valence-corrected chi connectivity index (χ4v) is 3.55. The van der Waals surface area contributed by atoms with Crippen molar-refractivity contribution in [3.05, 3.63) is 89.2 Å². The Morgan fingerprint density at radius 2 is 1.84 bits per heavy atom. The van der Waals surface area contributed by atoms with E-state index in [4.69, 9.17) is 20.8 Å². The predicted octanol–water partition coefficient (Wildman–Crippen LogP) is 7.08. The molecule has 1 N–H and O–H groups in total. The molecule has 0 unspecified atom stereocenters. The summed E-state index contributed by atoms with van der Waals surface area (Å²) in [5, 5.41) is 3.89. The summed E-state index contributed by atoms with van der Waals surface area (Å²) in [6.07, 6.45) is 2.98. The molecule has 0 saturated carbocycles. The zero-order chi connectivity index (χ0) is 22.8. The molecule has 162 valence electrons. The molecule has 0 spiro atoms. The predicted molar refractivity (Wildman–Crippen MR) is 122 cm³/mol. The number of furan rings is 1. The Labute approximate surface area is 188 Å². The van der Waals surface area contributed by atoms with Crippen molar-refractivity contribution in [3.8, 4) is 16.9 Å². The second-order valence-corrected chi connectivity index (χ2v) is 7.58. The van der Waals surface area contributed by atoms with Gasteiger partial charge >= 0.3 is 0 Å². The van der Waals surface area contributed by atoms with Gasteiger partial charge in [0.2, 0.25) is 5.91 Å². The molecule has 0 aliphatic heterocycles. The van der Waals surface area contributed by atoms with Crippen molar-refractivity contribution >= 4 is 39.7 Å². The molecule has 7 heteroatoms. The maximum Gasteiger partial charge on any atom is 0.248 e. The number of halogens is 3. The summed E-state index contributed by atoms with van der Waals surface area (Å²) < 4.78 is 38.1. The number of carbonyl (C=O) groups is 1. The summed E-state index contributed by atoms with van der Waals surface area (Å²) in [6.45, 7) is 1.74. The fraction of sp³-hybridized carbons (Fsp3) is 0.0800. The van der Waals surface area contributed by atoms with Gasteiger partial charge in [0, 0.05) is 39.7 Å². The lowest BCUT2D eigenvalue weighted by atomic mass is 9.99. The highest BCUT2D eigenvalue weighted by atomic mass is 35.5. The topological polar surface area (TPSA) is 51.5 Å². The molecule has 0 atom stereocenters. The van der Waals surface area contributed by atoms with Gasteiger partial charge in [-0.3, -0.25) is 4.79 Å². The minimum Gasteiger partial charge on any atom is -0.496 e. The van der Waals surface area contributed by atoms with Crippen LogP contribution >= 0.6 is 11.6 Å². The van der Waals surface area contributed by atoms with Crippen molar-refractivity contribution in [1.82, 2.24) is 0 Å². The SMILES string of the molecule is COc1cc2occ(-c3ccc(Cl)cc3)c2cc1/C(C)=C/C(=O)Nc1ccc(F)cc1F. The largest absolute Gasteiger partial charge is 0.496 e. The Bertz CT molecular complexity index is 1340. The maximum atomic E-state index is 13.8. The Kier molecular flexibility index (Phi) is 5.97. The molecule has 0 aliphatic carbocycles. The van der Waals surface area contributed by atoms with E-state index in [1.807, 2.05) is 18.2 Å². The Morgan fingerprint density at radius 3 is 2.53 bits per heavy atom. The third-order valence-corrected chi connectivity index (χ3v) is 5.26. The van der Waals surface area contributed by atoms with Crippen LogP contribution in [0, 0.1) is 11.6 Å². The molecule has 1 aromatic heterocycles. The zero-order valence-electron chi connectivity index (χ0n) is 17.2. The second kappa shape index (κ2) is 8.85. The van der Waals surface area contributed by atoms with Crippen LogP contribution in [0.25, 0.3) is 27.7 Å². The molecule has 4 aromatic rings. The van der Waals surface area contributed by atoms with E-state index in [1.54, 1.807) is 31.4 Å². The van der Waals surface area contributed by atoms with Crippen LogP contribution in [-0.4, -0.2) is 13.0 Å². The normalized spacial score (nSPS) is 11.6. The number of nitrogens with one attached hydrogen (secondary N) is 1. The van der Waals surface area contributed by atoms with Crippen LogP contribution in [0.5, 0.6) is 5.75 Å². The molecule has 4 rings (SSSR count). The molecule has 0 fully saturated rings. The lowest BCUT2D eigenvalue weighted by Gasteiger charge is -2.10. The van der Waals surface area contributed by atoms with Gasteiger partial charge in [0.05, 0.1) is 19.1 Å². The minimum atomic E-state index is -0.852. The van der Waals surface area contributed by atoms with Crippen molar-refractivity contribution in [2.45, 2.75) is 6.92 Å². The van der Waals surface area contributed by atoms with Crippen LogP contribution < -0.4 is 10.1 Å². The lowest BCUT2D eigenvalue weighted by molar-refractivity contribution is -0.111. The van der Waals surface area contributed by atoms with E-state index in [9.17, 15) is 13.6 Å². The number of methoxy groups -OCH3 is 1. The molecule has 1 amide bonds. The molecular formula is C25H18ClF2NO3. The van der Waals surface area contributed by atoms with Crippen LogP contribution in [0.3, 0.4) is 0 Å². The summed E-state index contributed by atoms with van der Waals surface area (Å²) >= 11 is 5.99. The van der Waals surface area contributed by atoms with Crippen LogP contribution in [0.4, 0.5) is 14.5 Å². The van der Waals surface area contributed by atoms with Crippen LogP contribution in [-0.2, 0) is 4.79 Å². The van der Waals surface area contributed by atoms with Gasteiger partial charge in [-0.2, -0.15) is 0 Å². The summed E-state index contributed by atoms with van der Waals surface area (Å²) in [5.41, 5.74) is 3.57. The van der Waals surface area contributed by atoms with E-state index >= 15 is 0 Å². The van der Waals surface area contributed by atoms with Crippen molar-refractivity contribution in [3.63, 3.8) is 0 Å². The molecule has 0 saturated heterocycles. The average molecular weight is 454 g/mol. The summed E-state index contributed by atoms with van der Waals surface area (Å²) in [5.74, 6) is -1.61. The summed E-state index contributed by atoms with van der Waals surface area (Å²) in [4.78, 5) is 12.4. The van der Waals surface area contributed by atoms with Crippen molar-refractivity contribution < 1.29 is 22.7 Å². The number of benzene rings is 3. The van der Waals surface area contributed by atoms with Crippen molar-refractivity contribution in [2.24, 2.45) is 0 Å². The average Bonchev–Trinajstić information content (AvgIpc) is 3.18. The molecule has 0 radical (unpaired) electrons. The van der Waals surface area contributed by atoms with Gasteiger partial charge in [0.15, 0.2) is 0 Å². The van der Waals surface area contributed by atoms with Crippen LogP contribution in [0.15, 0.2) is 71.4 Å². The Morgan fingerprint density at radius 1 is 1.09 bits per heavy atom. The zero-order valence-corrected chi connectivity index (χ0v) is 18.0. The van der Waals surface area contributed by atoms with Crippen molar-refractivity contribution in [2.75, 3.05) is 12.4 Å². The second-order valence-electron chi connectivity index (χ2n) is 7.15. The standard InChI is InChI=1S/C25H18ClF2NO3/c1-14(9-25(30)29-22-8-7-17(27)10-21(22)28)18-11-19-20(15-3-5-16(26)6-4-15)13-32-24(19)12-23(18)31-2/h3-13H,1-2H3,(H,29,30)/b14-9+. The van der Waals surface area contributed by atoms with E-state index in [0.29, 0.717) is 33.6 Å². The molecule has 0 bridgehead atoms. The molecule has 3 aromatic carbocycles. The van der Waals surface area contributed by atoms with E-state index < -0.39 is 17.5 Å². The number of ether oxygens (including phenoxy) is 1. The molecule has 1 heterocycles. The Hall–Kier alpha value is -3.64.